The van der Waals surface area contributed by atoms with E-state index >= 15 is 0 Å². The minimum absolute atomic E-state index is 0.169. The second kappa shape index (κ2) is 10.0. The van der Waals surface area contributed by atoms with Gasteiger partial charge in [0.2, 0.25) is 5.76 Å². The van der Waals surface area contributed by atoms with Crippen LogP contribution in [0.1, 0.15) is 27.2 Å². The number of hydrogen-bond donors (Lipinski definition) is 1. The number of nitrogens with one attached hydrogen (secondary N) is 1. The van der Waals surface area contributed by atoms with Gasteiger partial charge in [-0.1, -0.05) is 30.3 Å². The van der Waals surface area contributed by atoms with E-state index in [-0.39, 0.29) is 18.1 Å². The van der Waals surface area contributed by atoms with E-state index in [1.807, 2.05) is 32.0 Å². The minimum atomic E-state index is -0.885. The summed E-state index contributed by atoms with van der Waals surface area (Å²) in [5.74, 6) is -1.36. The lowest BCUT2D eigenvalue weighted by atomic mass is 10.1. The number of nitrogens with zero attached hydrogens (tertiary/aromatic N) is 2. The van der Waals surface area contributed by atoms with Crippen molar-refractivity contribution in [2.24, 2.45) is 5.10 Å². The molecular formula is C22H19N3O7. The van der Waals surface area contributed by atoms with E-state index in [1.54, 1.807) is 12.1 Å². The smallest absolute Gasteiger partial charge is 0.433 e. The number of furan rings is 1. The van der Waals surface area contributed by atoms with E-state index in [0.29, 0.717) is 11.3 Å². The van der Waals surface area contributed by atoms with Crippen molar-refractivity contribution in [1.29, 1.82) is 0 Å². The first-order valence-electron chi connectivity index (χ1n) is 9.41. The average Bonchev–Trinajstić information content (AvgIpc) is 3.25. The molecule has 0 atom stereocenters. The van der Waals surface area contributed by atoms with E-state index in [1.165, 1.54) is 18.3 Å². The molecule has 0 saturated carbocycles. The normalized spacial score (nSPS) is 10.7. The molecule has 3 rings (SSSR count). The van der Waals surface area contributed by atoms with Gasteiger partial charge in [0.05, 0.1) is 12.3 Å². The monoisotopic (exact) mass is 437 g/mol. The maximum absolute atomic E-state index is 12.1. The lowest BCUT2D eigenvalue weighted by Crippen LogP contribution is -2.25. The predicted octanol–water partition coefficient (Wildman–Crippen LogP) is 3.55. The molecule has 1 heterocycles. The maximum atomic E-state index is 12.1. The number of aryl methyl sites for hydroxylation is 2. The van der Waals surface area contributed by atoms with Crippen LogP contribution in [0.15, 0.2) is 64.1 Å². The van der Waals surface area contributed by atoms with Crippen molar-refractivity contribution in [1.82, 2.24) is 5.43 Å². The zero-order valence-corrected chi connectivity index (χ0v) is 17.2. The predicted molar refractivity (Wildman–Crippen MR) is 114 cm³/mol. The molecule has 2 aromatic carbocycles. The van der Waals surface area contributed by atoms with Crippen molar-refractivity contribution in [2.45, 2.75) is 13.8 Å². The molecule has 0 unspecified atom stereocenters. The van der Waals surface area contributed by atoms with Gasteiger partial charge in [-0.15, -0.1) is 0 Å². The molecule has 0 saturated heterocycles. The molecule has 1 N–H and O–H groups in total. The fourth-order valence-electron chi connectivity index (χ4n) is 2.73. The van der Waals surface area contributed by atoms with Gasteiger partial charge in [0, 0.05) is 0 Å². The molecule has 0 bridgehead atoms. The van der Waals surface area contributed by atoms with Crippen molar-refractivity contribution in [3.05, 3.63) is 87.2 Å². The van der Waals surface area contributed by atoms with Gasteiger partial charge in [-0.2, -0.15) is 5.10 Å². The Morgan fingerprint density at radius 2 is 1.84 bits per heavy atom. The summed E-state index contributed by atoms with van der Waals surface area (Å²) in [4.78, 5) is 33.9. The summed E-state index contributed by atoms with van der Waals surface area (Å²) in [6.45, 7) is 3.59. The lowest BCUT2D eigenvalue weighted by Gasteiger charge is -2.10. The van der Waals surface area contributed by atoms with Gasteiger partial charge in [-0.25, -0.2) is 10.2 Å². The van der Waals surface area contributed by atoms with Crippen LogP contribution < -0.4 is 14.9 Å². The molecule has 164 valence electrons. The SMILES string of the molecule is Cc1cccc(C)c1OCC(=O)N/N=C/c1cccc(OC(=O)c2ccc([N+](=O)[O-])o2)c1. The number of amides is 1. The van der Waals surface area contributed by atoms with Gasteiger partial charge in [-0.3, -0.25) is 14.9 Å². The molecule has 1 aromatic heterocycles. The van der Waals surface area contributed by atoms with E-state index in [2.05, 4.69) is 10.5 Å². The van der Waals surface area contributed by atoms with Crippen LogP contribution in [-0.2, 0) is 4.79 Å². The Hall–Kier alpha value is -4.47. The molecule has 0 spiro atoms. The molecule has 0 radical (unpaired) electrons. The Morgan fingerprint density at radius 3 is 2.53 bits per heavy atom. The molecule has 3 aromatic rings. The summed E-state index contributed by atoms with van der Waals surface area (Å²) in [7, 11) is 0. The van der Waals surface area contributed by atoms with Gasteiger partial charge in [-0.05, 0) is 48.7 Å². The van der Waals surface area contributed by atoms with Crippen LogP contribution >= 0.6 is 0 Å². The quantitative estimate of drug-likeness (QED) is 0.187. The maximum Gasteiger partial charge on any atom is 0.433 e. The minimum Gasteiger partial charge on any atom is -0.483 e. The summed E-state index contributed by atoms with van der Waals surface area (Å²) >= 11 is 0. The van der Waals surface area contributed by atoms with Crippen LogP contribution in [0.25, 0.3) is 0 Å². The molecule has 1 amide bonds. The molecule has 10 nitrogen and oxygen atoms in total. The Morgan fingerprint density at radius 1 is 1.12 bits per heavy atom. The number of nitro groups is 1. The van der Waals surface area contributed by atoms with E-state index < -0.39 is 22.7 Å². The van der Waals surface area contributed by atoms with Crippen LogP contribution in [0.2, 0.25) is 0 Å². The highest BCUT2D eigenvalue weighted by molar-refractivity contribution is 5.89. The molecule has 32 heavy (non-hydrogen) atoms. The van der Waals surface area contributed by atoms with Gasteiger partial charge in [0.1, 0.15) is 16.4 Å². The number of carbonyl (C=O) groups excluding carboxylic acids is 2. The number of ether oxygens (including phenoxy) is 2. The number of hydrazone groups is 1. The van der Waals surface area contributed by atoms with Crippen molar-refractivity contribution in [3.8, 4) is 11.5 Å². The lowest BCUT2D eigenvalue weighted by molar-refractivity contribution is -0.402. The summed E-state index contributed by atoms with van der Waals surface area (Å²) in [5, 5.41) is 14.5. The molecule has 0 aliphatic carbocycles. The van der Waals surface area contributed by atoms with Crippen LogP contribution in [0.5, 0.6) is 11.5 Å². The number of esters is 1. The fourth-order valence-corrected chi connectivity index (χ4v) is 2.73. The standard InChI is InChI=1S/C22H19N3O7/c1-14-5-3-6-15(2)21(14)30-13-19(26)24-23-12-16-7-4-8-17(11-16)31-22(27)18-9-10-20(32-18)25(28)29/h3-12H,13H2,1-2H3,(H,24,26)/b23-12+. The average molecular weight is 437 g/mol. The Balaban J connectivity index is 1.54. The highest BCUT2D eigenvalue weighted by Crippen LogP contribution is 2.22. The summed E-state index contributed by atoms with van der Waals surface area (Å²) in [5.41, 5.74) is 4.75. The van der Waals surface area contributed by atoms with Crippen LogP contribution in [0.4, 0.5) is 5.88 Å². The molecule has 0 aliphatic rings. The van der Waals surface area contributed by atoms with Crippen LogP contribution in [0.3, 0.4) is 0 Å². The van der Waals surface area contributed by atoms with Crippen molar-refractivity contribution >= 4 is 24.0 Å². The van der Waals surface area contributed by atoms with E-state index in [9.17, 15) is 19.7 Å². The first kappa shape index (κ1) is 22.2. The van der Waals surface area contributed by atoms with Crippen molar-refractivity contribution < 1.29 is 28.4 Å². The molecular weight excluding hydrogens is 418 g/mol. The number of benzene rings is 2. The van der Waals surface area contributed by atoms with Gasteiger partial charge < -0.3 is 13.9 Å². The molecule has 10 heteroatoms. The highest BCUT2D eigenvalue weighted by atomic mass is 16.7. The topological polar surface area (TPSA) is 133 Å². The fraction of sp³-hybridized carbons (Fsp3) is 0.136. The second-order valence-corrected chi connectivity index (χ2v) is 6.66. The first-order chi connectivity index (χ1) is 15.3. The largest absolute Gasteiger partial charge is 0.483 e. The van der Waals surface area contributed by atoms with Gasteiger partial charge in [0.15, 0.2) is 6.61 Å². The van der Waals surface area contributed by atoms with Crippen molar-refractivity contribution in [3.63, 3.8) is 0 Å². The molecule has 0 aliphatic heterocycles. The van der Waals surface area contributed by atoms with E-state index in [4.69, 9.17) is 13.9 Å². The number of para-hydroxylation sites is 1. The molecule has 0 fully saturated rings. The summed E-state index contributed by atoms with van der Waals surface area (Å²) in [6, 6.07) is 14.2. The first-order valence-corrected chi connectivity index (χ1v) is 9.41. The Kier molecular flexibility index (Phi) is 6.96. The third-order valence-electron chi connectivity index (χ3n) is 4.20. The van der Waals surface area contributed by atoms with Gasteiger partial charge >= 0.3 is 11.9 Å². The van der Waals surface area contributed by atoms with Gasteiger partial charge in [0.25, 0.3) is 5.91 Å². The third-order valence-corrected chi connectivity index (χ3v) is 4.20. The number of rotatable bonds is 8. The summed E-state index contributed by atoms with van der Waals surface area (Å²) in [6.07, 6.45) is 1.37. The zero-order valence-electron chi connectivity index (χ0n) is 17.2. The second-order valence-electron chi connectivity index (χ2n) is 6.66. The number of carbonyl (C=O) groups is 2. The van der Waals surface area contributed by atoms with Crippen molar-refractivity contribution in [2.75, 3.05) is 6.61 Å². The zero-order chi connectivity index (χ0) is 23.1. The Labute approximate surface area is 182 Å². The highest BCUT2D eigenvalue weighted by Gasteiger charge is 2.19. The van der Waals surface area contributed by atoms with Crippen LogP contribution in [0, 0.1) is 24.0 Å². The van der Waals surface area contributed by atoms with E-state index in [0.717, 1.165) is 23.3 Å². The van der Waals surface area contributed by atoms with Crippen LogP contribution in [-0.4, -0.2) is 29.6 Å². The number of hydrogen-bond acceptors (Lipinski definition) is 8. The third kappa shape index (κ3) is 5.79. The Bertz CT molecular complexity index is 1160. The summed E-state index contributed by atoms with van der Waals surface area (Å²) < 4.78 is 15.5.